The van der Waals surface area contributed by atoms with E-state index in [0.29, 0.717) is 25.1 Å². The van der Waals surface area contributed by atoms with E-state index in [0.717, 1.165) is 0 Å². The van der Waals surface area contributed by atoms with Crippen LogP contribution in [-0.2, 0) is 4.74 Å². The maximum Gasteiger partial charge on any atom is 0.422 e. The molecule has 8 heteroatoms. The van der Waals surface area contributed by atoms with E-state index < -0.39 is 18.9 Å². The summed E-state index contributed by atoms with van der Waals surface area (Å²) in [5.41, 5.74) is 0.524. The summed E-state index contributed by atoms with van der Waals surface area (Å²) in [7, 11) is 0. The van der Waals surface area contributed by atoms with Crippen LogP contribution in [0.25, 0.3) is 0 Å². The number of hydrogen-bond donors (Lipinski definition) is 0. The van der Waals surface area contributed by atoms with Gasteiger partial charge in [-0.3, -0.25) is 4.90 Å². The number of aromatic nitrogens is 1. The Labute approximate surface area is 100 Å². The Morgan fingerprint density at radius 2 is 2.39 bits per heavy atom. The molecule has 0 aliphatic carbocycles. The van der Waals surface area contributed by atoms with Crippen LogP contribution in [0.3, 0.4) is 0 Å². The molecule has 100 valence electrons. The second-order valence-electron chi connectivity index (χ2n) is 3.95. The molecule has 0 spiro atoms. The van der Waals surface area contributed by atoms with Gasteiger partial charge in [-0.25, -0.2) is 4.79 Å². The Morgan fingerprint density at radius 3 is 3.00 bits per heavy atom. The molecule has 1 saturated heterocycles. The summed E-state index contributed by atoms with van der Waals surface area (Å²) in [6, 6.07) is 1.21. The van der Waals surface area contributed by atoms with E-state index in [2.05, 4.69) is 14.4 Å². The average Bonchev–Trinajstić information content (AvgIpc) is 2.94. The van der Waals surface area contributed by atoms with E-state index in [1.54, 1.807) is 6.07 Å². The second-order valence-corrected chi connectivity index (χ2v) is 3.95. The monoisotopic (exact) mass is 264 g/mol. The number of halogens is 3. The van der Waals surface area contributed by atoms with E-state index in [4.69, 9.17) is 0 Å². The van der Waals surface area contributed by atoms with Gasteiger partial charge in [0.2, 0.25) is 0 Å². The van der Waals surface area contributed by atoms with Crippen molar-refractivity contribution in [3.8, 4) is 0 Å². The Kier molecular flexibility index (Phi) is 3.44. The Morgan fingerprint density at radius 1 is 1.61 bits per heavy atom. The highest BCUT2D eigenvalue weighted by atomic mass is 19.4. The van der Waals surface area contributed by atoms with E-state index in [1.807, 2.05) is 0 Å². The summed E-state index contributed by atoms with van der Waals surface area (Å²) in [4.78, 5) is 12.8. The third kappa shape index (κ3) is 2.93. The number of ether oxygens (including phenoxy) is 1. The maximum atomic E-state index is 12.0. The van der Waals surface area contributed by atoms with E-state index >= 15 is 0 Å². The van der Waals surface area contributed by atoms with Crippen LogP contribution in [0, 0.1) is 0 Å². The molecule has 0 aromatic carbocycles. The summed E-state index contributed by atoms with van der Waals surface area (Å²) in [6.45, 7) is -1.22. The lowest BCUT2D eigenvalue weighted by atomic mass is 10.1. The van der Waals surface area contributed by atoms with Gasteiger partial charge in [0, 0.05) is 12.6 Å². The predicted molar refractivity (Wildman–Crippen MR) is 52.6 cm³/mol. The summed E-state index contributed by atoms with van der Waals surface area (Å²) in [5, 5.41) is 3.69. The second kappa shape index (κ2) is 4.87. The van der Waals surface area contributed by atoms with Crippen LogP contribution in [-0.4, -0.2) is 35.5 Å². The summed E-state index contributed by atoms with van der Waals surface area (Å²) >= 11 is 0. The van der Waals surface area contributed by atoms with Gasteiger partial charge in [0.25, 0.3) is 0 Å². The number of alkyl halides is 3. The molecule has 0 N–H and O–H groups in total. The van der Waals surface area contributed by atoms with Gasteiger partial charge in [0.05, 0.1) is 6.04 Å². The normalized spacial score (nSPS) is 20.2. The van der Waals surface area contributed by atoms with Gasteiger partial charge in [-0.1, -0.05) is 5.16 Å². The molecule has 0 unspecified atom stereocenters. The first-order valence-electron chi connectivity index (χ1n) is 5.38. The van der Waals surface area contributed by atoms with Crippen LogP contribution in [0.15, 0.2) is 16.9 Å². The minimum Gasteiger partial charge on any atom is -0.440 e. The lowest BCUT2D eigenvalue weighted by Gasteiger charge is -2.22. The zero-order valence-corrected chi connectivity index (χ0v) is 9.31. The summed E-state index contributed by atoms with van der Waals surface area (Å²) in [5.74, 6) is 0. The first-order chi connectivity index (χ1) is 8.47. The lowest BCUT2D eigenvalue weighted by molar-refractivity contribution is -0.162. The third-order valence-corrected chi connectivity index (χ3v) is 2.65. The number of nitrogens with zero attached hydrogens (tertiary/aromatic N) is 2. The Bertz CT molecular complexity index is 405. The third-order valence-electron chi connectivity index (χ3n) is 2.65. The minimum absolute atomic E-state index is 0.355. The first kappa shape index (κ1) is 12.7. The van der Waals surface area contributed by atoms with Gasteiger partial charge in [0.1, 0.15) is 12.0 Å². The van der Waals surface area contributed by atoms with Crippen molar-refractivity contribution < 1.29 is 27.2 Å². The van der Waals surface area contributed by atoms with Crippen molar-refractivity contribution in [3.63, 3.8) is 0 Å². The molecule has 1 amide bonds. The van der Waals surface area contributed by atoms with Crippen molar-refractivity contribution in [2.45, 2.75) is 25.1 Å². The molecule has 18 heavy (non-hydrogen) atoms. The molecule has 5 nitrogen and oxygen atoms in total. The topological polar surface area (TPSA) is 55.6 Å². The molecule has 2 heterocycles. The summed E-state index contributed by atoms with van der Waals surface area (Å²) < 4.78 is 44.7. The fourth-order valence-electron chi connectivity index (χ4n) is 1.91. The molecular formula is C10H11F3N2O3. The Hall–Kier alpha value is -1.73. The molecule has 1 aromatic rings. The zero-order valence-electron chi connectivity index (χ0n) is 9.31. The van der Waals surface area contributed by atoms with Crippen molar-refractivity contribution in [2.75, 3.05) is 13.2 Å². The number of rotatable bonds is 2. The lowest BCUT2D eigenvalue weighted by Crippen LogP contribution is -2.33. The van der Waals surface area contributed by atoms with E-state index in [-0.39, 0.29) is 6.04 Å². The van der Waals surface area contributed by atoms with Gasteiger partial charge >= 0.3 is 12.3 Å². The van der Waals surface area contributed by atoms with E-state index in [1.165, 1.54) is 11.2 Å². The van der Waals surface area contributed by atoms with Crippen LogP contribution in [0.2, 0.25) is 0 Å². The molecule has 1 aromatic heterocycles. The minimum atomic E-state index is -4.52. The standard InChI is InChI=1S/C10H11F3N2O3/c11-10(12,13)6-17-9(16)15-4-1-2-8(15)7-3-5-18-14-7/h3,5,8H,1-2,4,6H2/t8-/m0/s1. The van der Waals surface area contributed by atoms with Gasteiger partial charge in [-0.2, -0.15) is 13.2 Å². The number of amides is 1. The SMILES string of the molecule is O=C(OCC(F)(F)F)N1CCC[C@H]1c1ccon1. The Balaban J connectivity index is 1.97. The molecule has 2 rings (SSSR count). The molecule has 1 atom stereocenters. The highest BCUT2D eigenvalue weighted by Gasteiger charge is 2.35. The molecule has 1 aliphatic heterocycles. The average molecular weight is 264 g/mol. The van der Waals surface area contributed by atoms with Gasteiger partial charge in [-0.05, 0) is 12.8 Å². The van der Waals surface area contributed by atoms with Crippen molar-refractivity contribution in [1.29, 1.82) is 0 Å². The predicted octanol–water partition coefficient (Wildman–Crippen LogP) is 2.51. The van der Waals surface area contributed by atoms with Gasteiger partial charge < -0.3 is 9.26 Å². The largest absolute Gasteiger partial charge is 0.440 e. The van der Waals surface area contributed by atoms with Crippen molar-refractivity contribution in [2.24, 2.45) is 0 Å². The smallest absolute Gasteiger partial charge is 0.422 e. The highest BCUT2D eigenvalue weighted by Crippen LogP contribution is 2.31. The van der Waals surface area contributed by atoms with Gasteiger partial charge in [0.15, 0.2) is 6.61 Å². The molecule has 0 bridgehead atoms. The quantitative estimate of drug-likeness (QED) is 0.823. The molecular weight excluding hydrogens is 253 g/mol. The maximum absolute atomic E-state index is 12.0. The number of carbonyl (C=O) groups is 1. The molecule has 0 saturated carbocycles. The summed E-state index contributed by atoms with van der Waals surface area (Å²) in [6.07, 6.45) is -2.81. The van der Waals surface area contributed by atoms with Crippen LogP contribution in [0.5, 0.6) is 0 Å². The van der Waals surface area contributed by atoms with Gasteiger partial charge in [-0.15, -0.1) is 0 Å². The fraction of sp³-hybridized carbons (Fsp3) is 0.600. The van der Waals surface area contributed by atoms with Crippen molar-refractivity contribution >= 4 is 6.09 Å². The van der Waals surface area contributed by atoms with Crippen LogP contribution < -0.4 is 0 Å². The molecule has 1 aliphatic rings. The van der Waals surface area contributed by atoms with E-state index in [9.17, 15) is 18.0 Å². The zero-order chi connectivity index (χ0) is 13.2. The molecule has 0 radical (unpaired) electrons. The highest BCUT2D eigenvalue weighted by molar-refractivity contribution is 5.68. The first-order valence-corrected chi connectivity index (χ1v) is 5.38. The van der Waals surface area contributed by atoms with Crippen molar-refractivity contribution in [3.05, 3.63) is 18.0 Å². The fourth-order valence-corrected chi connectivity index (χ4v) is 1.91. The van der Waals surface area contributed by atoms with Crippen molar-refractivity contribution in [1.82, 2.24) is 10.1 Å². The number of carbonyl (C=O) groups excluding carboxylic acids is 1. The van der Waals surface area contributed by atoms with Crippen LogP contribution in [0.4, 0.5) is 18.0 Å². The van der Waals surface area contributed by atoms with Crippen LogP contribution >= 0.6 is 0 Å². The number of likely N-dealkylation sites (tertiary alicyclic amines) is 1. The molecule has 1 fully saturated rings. The number of hydrogen-bond acceptors (Lipinski definition) is 4. The van der Waals surface area contributed by atoms with Crippen LogP contribution in [0.1, 0.15) is 24.6 Å².